The van der Waals surface area contributed by atoms with E-state index in [2.05, 4.69) is 26.4 Å². The summed E-state index contributed by atoms with van der Waals surface area (Å²) in [5, 5.41) is 2.24. The number of fused-ring (bicyclic) bond motifs is 2. The van der Waals surface area contributed by atoms with Crippen molar-refractivity contribution in [1.82, 2.24) is 19.5 Å². The summed E-state index contributed by atoms with van der Waals surface area (Å²) in [6.45, 7) is 2.80. The molecule has 3 heterocycles. The molecular formula is C24H19ClN4O2S. The lowest BCUT2D eigenvalue weighted by Gasteiger charge is -2.06. The zero-order valence-electron chi connectivity index (χ0n) is 17.2. The number of pyridine rings is 1. The number of ketones is 1. The van der Waals surface area contributed by atoms with Gasteiger partial charge in [-0.2, -0.15) is 0 Å². The molecule has 0 radical (unpaired) electrons. The monoisotopic (exact) mass is 462 g/mol. The number of nitrogens with zero attached hydrogens (tertiary/aromatic N) is 3. The molecule has 8 heteroatoms. The molecule has 5 rings (SSSR count). The third kappa shape index (κ3) is 4.09. The van der Waals surface area contributed by atoms with Gasteiger partial charge < -0.3 is 14.3 Å². The van der Waals surface area contributed by atoms with Crippen LogP contribution in [0.2, 0.25) is 5.02 Å². The van der Waals surface area contributed by atoms with E-state index in [1.54, 1.807) is 18.5 Å². The van der Waals surface area contributed by atoms with Crippen LogP contribution in [0.3, 0.4) is 0 Å². The SMILES string of the molecule is CCn1cc(C(=O)CSc2nc3cc(Cl)ccc3[nH]2)c2ccc(Oc3cccnc3)cc21. The Hall–Kier alpha value is -3.29. The molecular weight excluding hydrogens is 444 g/mol. The Morgan fingerprint density at radius 3 is 2.91 bits per heavy atom. The van der Waals surface area contributed by atoms with Crippen LogP contribution < -0.4 is 4.74 Å². The summed E-state index contributed by atoms with van der Waals surface area (Å²) in [5.41, 5.74) is 3.34. The Morgan fingerprint density at radius 1 is 1.19 bits per heavy atom. The van der Waals surface area contributed by atoms with Gasteiger partial charge >= 0.3 is 0 Å². The lowest BCUT2D eigenvalue weighted by molar-refractivity contribution is 0.102. The van der Waals surface area contributed by atoms with Crippen LogP contribution in [-0.2, 0) is 6.54 Å². The molecule has 0 bridgehead atoms. The summed E-state index contributed by atoms with van der Waals surface area (Å²) in [4.78, 5) is 24.9. The number of Topliss-reactive ketones (excluding diaryl/α,β-unsaturated/α-hetero) is 1. The molecule has 32 heavy (non-hydrogen) atoms. The van der Waals surface area contributed by atoms with Gasteiger partial charge in [-0.15, -0.1) is 0 Å². The highest BCUT2D eigenvalue weighted by molar-refractivity contribution is 7.99. The number of hydrogen-bond donors (Lipinski definition) is 1. The molecule has 0 saturated heterocycles. The zero-order chi connectivity index (χ0) is 22.1. The van der Waals surface area contributed by atoms with E-state index in [0.29, 0.717) is 27.2 Å². The van der Waals surface area contributed by atoms with E-state index in [-0.39, 0.29) is 11.5 Å². The predicted molar refractivity (Wildman–Crippen MR) is 128 cm³/mol. The Kier molecular flexibility index (Phi) is 5.59. The normalized spacial score (nSPS) is 11.3. The highest BCUT2D eigenvalue weighted by atomic mass is 35.5. The van der Waals surface area contributed by atoms with E-state index in [9.17, 15) is 4.79 Å². The number of nitrogens with one attached hydrogen (secondary N) is 1. The van der Waals surface area contributed by atoms with Crippen molar-refractivity contribution in [3.8, 4) is 11.5 Å². The molecule has 0 atom stereocenters. The molecule has 0 spiro atoms. The third-order valence-electron chi connectivity index (χ3n) is 5.13. The largest absolute Gasteiger partial charge is 0.456 e. The second-order valence-corrected chi connectivity index (χ2v) is 8.61. The molecule has 2 aromatic carbocycles. The van der Waals surface area contributed by atoms with Crippen LogP contribution in [0.25, 0.3) is 21.9 Å². The van der Waals surface area contributed by atoms with Crippen LogP contribution in [0, 0.1) is 0 Å². The van der Waals surface area contributed by atoms with Crippen LogP contribution in [-0.4, -0.2) is 31.1 Å². The molecule has 3 aromatic heterocycles. The van der Waals surface area contributed by atoms with Crippen molar-refractivity contribution >= 4 is 51.1 Å². The molecule has 0 fully saturated rings. The number of ether oxygens (including phenoxy) is 1. The molecule has 160 valence electrons. The first-order valence-electron chi connectivity index (χ1n) is 10.1. The third-order valence-corrected chi connectivity index (χ3v) is 6.24. The van der Waals surface area contributed by atoms with Crippen molar-refractivity contribution < 1.29 is 9.53 Å². The number of carbonyl (C=O) groups excluding carboxylic acids is 1. The first-order chi connectivity index (χ1) is 15.6. The van der Waals surface area contributed by atoms with Crippen molar-refractivity contribution in [3.05, 3.63) is 77.7 Å². The van der Waals surface area contributed by atoms with Crippen LogP contribution in [0.4, 0.5) is 0 Å². The van der Waals surface area contributed by atoms with Crippen molar-refractivity contribution in [2.75, 3.05) is 5.75 Å². The molecule has 5 aromatic rings. The molecule has 0 aliphatic rings. The summed E-state index contributed by atoms with van der Waals surface area (Å²) in [5.74, 6) is 1.70. The van der Waals surface area contributed by atoms with Crippen LogP contribution >= 0.6 is 23.4 Å². The molecule has 0 aliphatic heterocycles. The maximum Gasteiger partial charge on any atom is 0.175 e. The molecule has 0 amide bonds. The van der Waals surface area contributed by atoms with Gasteiger partial charge in [-0.1, -0.05) is 23.4 Å². The molecule has 0 aliphatic carbocycles. The summed E-state index contributed by atoms with van der Waals surface area (Å²) >= 11 is 7.42. The van der Waals surface area contributed by atoms with Gasteiger partial charge in [-0.05, 0) is 49.4 Å². The lowest BCUT2D eigenvalue weighted by atomic mass is 10.1. The maximum absolute atomic E-state index is 13.1. The zero-order valence-corrected chi connectivity index (χ0v) is 18.8. The number of benzene rings is 2. The minimum absolute atomic E-state index is 0.0478. The number of H-pyrrole nitrogens is 1. The molecule has 0 unspecified atom stereocenters. The van der Waals surface area contributed by atoms with Gasteiger partial charge in [-0.25, -0.2) is 4.98 Å². The fourth-order valence-corrected chi connectivity index (χ4v) is 4.53. The summed E-state index contributed by atoms with van der Waals surface area (Å²) in [7, 11) is 0. The van der Waals surface area contributed by atoms with Gasteiger partial charge in [0.15, 0.2) is 10.9 Å². The van der Waals surface area contributed by atoms with Crippen LogP contribution in [0.15, 0.2) is 72.3 Å². The van der Waals surface area contributed by atoms with Gasteiger partial charge in [0.05, 0.1) is 28.5 Å². The van der Waals surface area contributed by atoms with Gasteiger partial charge in [0.1, 0.15) is 11.5 Å². The van der Waals surface area contributed by atoms with Crippen molar-refractivity contribution in [2.45, 2.75) is 18.6 Å². The number of rotatable bonds is 7. The first kappa shape index (κ1) is 20.6. The molecule has 0 saturated carbocycles. The first-order valence-corrected chi connectivity index (χ1v) is 11.5. The number of halogens is 1. The van der Waals surface area contributed by atoms with Gasteiger partial charge in [0.2, 0.25) is 0 Å². The second-order valence-electron chi connectivity index (χ2n) is 7.21. The summed E-state index contributed by atoms with van der Waals surface area (Å²) < 4.78 is 7.97. The minimum atomic E-state index is 0.0478. The minimum Gasteiger partial charge on any atom is -0.456 e. The highest BCUT2D eigenvalue weighted by Crippen LogP contribution is 2.30. The van der Waals surface area contributed by atoms with E-state index >= 15 is 0 Å². The molecule has 1 N–H and O–H groups in total. The van der Waals surface area contributed by atoms with E-state index in [4.69, 9.17) is 16.3 Å². The lowest BCUT2D eigenvalue weighted by Crippen LogP contribution is -2.02. The highest BCUT2D eigenvalue weighted by Gasteiger charge is 2.17. The Balaban J connectivity index is 1.38. The number of hydrogen-bond acceptors (Lipinski definition) is 5. The number of imidazole rings is 1. The van der Waals surface area contributed by atoms with Crippen LogP contribution in [0.5, 0.6) is 11.5 Å². The summed E-state index contributed by atoms with van der Waals surface area (Å²) in [6, 6.07) is 15.0. The Morgan fingerprint density at radius 2 is 2.09 bits per heavy atom. The van der Waals surface area contributed by atoms with E-state index in [1.807, 2.05) is 48.7 Å². The fraction of sp³-hybridized carbons (Fsp3) is 0.125. The van der Waals surface area contributed by atoms with E-state index in [1.165, 1.54) is 11.8 Å². The Labute approximate surface area is 193 Å². The number of aromatic amines is 1. The van der Waals surface area contributed by atoms with Gasteiger partial charge in [0.25, 0.3) is 0 Å². The maximum atomic E-state index is 13.1. The fourth-order valence-electron chi connectivity index (χ4n) is 3.60. The van der Waals surface area contributed by atoms with Gasteiger partial charge in [-0.3, -0.25) is 9.78 Å². The standard InChI is InChI=1S/C24H19ClN4O2S/c1-2-29-13-19(18-7-6-16(11-22(18)29)31-17-4-3-9-26-12-17)23(30)14-32-24-27-20-8-5-15(25)10-21(20)28-24/h3-13H,2,14H2,1H3,(H,27,28). The topological polar surface area (TPSA) is 72.8 Å². The Bertz CT molecular complexity index is 1430. The number of aromatic nitrogens is 4. The van der Waals surface area contributed by atoms with Gasteiger partial charge in [0, 0.05) is 41.0 Å². The van der Waals surface area contributed by atoms with Crippen molar-refractivity contribution in [3.63, 3.8) is 0 Å². The smallest absolute Gasteiger partial charge is 0.175 e. The van der Waals surface area contributed by atoms with E-state index < -0.39 is 0 Å². The van der Waals surface area contributed by atoms with Crippen LogP contribution in [0.1, 0.15) is 17.3 Å². The summed E-state index contributed by atoms with van der Waals surface area (Å²) in [6.07, 6.45) is 5.29. The average Bonchev–Trinajstić information content (AvgIpc) is 3.38. The second kappa shape index (κ2) is 8.68. The van der Waals surface area contributed by atoms with E-state index in [0.717, 1.165) is 28.5 Å². The number of thioether (sulfide) groups is 1. The van der Waals surface area contributed by atoms with Crippen molar-refractivity contribution in [2.24, 2.45) is 0 Å². The predicted octanol–water partition coefficient (Wildman–Crippen LogP) is 6.35. The average molecular weight is 463 g/mol. The number of aryl methyl sites for hydroxylation is 1. The quantitative estimate of drug-likeness (QED) is 0.225. The molecule has 6 nitrogen and oxygen atoms in total. The number of carbonyl (C=O) groups is 1. The van der Waals surface area contributed by atoms with Crippen molar-refractivity contribution in [1.29, 1.82) is 0 Å².